The van der Waals surface area contributed by atoms with Crippen LogP contribution in [0.5, 0.6) is 0 Å². The van der Waals surface area contributed by atoms with Crippen LogP contribution in [0.4, 0.5) is 4.39 Å². The number of carbonyl (C=O) groups excluding carboxylic acids is 2. The largest absolute Gasteiger partial charge is 0.271 e. The highest BCUT2D eigenvalue weighted by atomic mass is 79.9. The molecule has 1 saturated heterocycles. The Hall–Kier alpha value is -2.29. The van der Waals surface area contributed by atoms with Crippen LogP contribution in [-0.4, -0.2) is 17.9 Å². The maximum absolute atomic E-state index is 13.1. The molecule has 0 saturated carbocycles. The molecule has 0 radical (unpaired) electrons. The first-order chi connectivity index (χ1) is 12.0. The maximum Gasteiger partial charge on any atom is 0.270 e. The van der Waals surface area contributed by atoms with Gasteiger partial charge in [0.15, 0.2) is 0 Å². The van der Waals surface area contributed by atoms with Gasteiger partial charge in [-0.2, -0.15) is 0 Å². The fourth-order valence-electron chi connectivity index (χ4n) is 2.58. The van der Waals surface area contributed by atoms with E-state index in [1.165, 1.54) is 18.2 Å². The van der Waals surface area contributed by atoms with Gasteiger partial charge in [-0.25, -0.2) is 15.2 Å². The highest BCUT2D eigenvalue weighted by molar-refractivity contribution is 9.10. The summed E-state index contributed by atoms with van der Waals surface area (Å²) in [6.07, 6.45) is 0.548. The van der Waals surface area contributed by atoms with E-state index in [9.17, 15) is 14.0 Å². The highest BCUT2D eigenvalue weighted by Gasteiger charge is 2.30. The molecule has 4 N–H and O–H groups in total. The molecule has 3 rings (SSSR count). The molecule has 0 spiro atoms. The second kappa shape index (κ2) is 7.73. The smallest absolute Gasteiger partial charge is 0.270 e. The van der Waals surface area contributed by atoms with Crippen LogP contribution in [0.25, 0.3) is 0 Å². The predicted octanol–water partition coefficient (Wildman–Crippen LogP) is 1.96. The zero-order valence-electron chi connectivity index (χ0n) is 13.1. The van der Waals surface area contributed by atoms with Crippen molar-refractivity contribution in [3.8, 4) is 0 Å². The van der Waals surface area contributed by atoms with Crippen molar-refractivity contribution in [2.24, 2.45) is 0 Å². The van der Waals surface area contributed by atoms with Crippen molar-refractivity contribution in [2.75, 3.05) is 0 Å². The molecular weight excluding hydrogens is 391 g/mol. The monoisotopic (exact) mass is 406 g/mol. The molecule has 0 aromatic heterocycles. The van der Waals surface area contributed by atoms with Gasteiger partial charge in [0.05, 0.1) is 5.56 Å². The van der Waals surface area contributed by atoms with Gasteiger partial charge in [-0.1, -0.05) is 30.3 Å². The molecule has 0 bridgehead atoms. The minimum Gasteiger partial charge on any atom is -0.271 e. The molecule has 6 nitrogen and oxygen atoms in total. The van der Waals surface area contributed by atoms with Crippen LogP contribution < -0.4 is 21.7 Å². The Labute approximate surface area is 152 Å². The first-order valence-corrected chi connectivity index (χ1v) is 8.45. The zero-order valence-corrected chi connectivity index (χ0v) is 14.6. The summed E-state index contributed by atoms with van der Waals surface area (Å²) in [6, 6.07) is 13.0. The lowest BCUT2D eigenvalue weighted by Crippen LogP contribution is -2.50. The third-order valence-electron chi connectivity index (χ3n) is 3.90. The first-order valence-electron chi connectivity index (χ1n) is 7.66. The second-order valence-electron chi connectivity index (χ2n) is 5.61. The Bertz CT molecular complexity index is 787. The van der Waals surface area contributed by atoms with E-state index in [-0.39, 0.29) is 17.5 Å². The highest BCUT2D eigenvalue weighted by Crippen LogP contribution is 2.21. The van der Waals surface area contributed by atoms with Gasteiger partial charge in [-0.3, -0.25) is 20.4 Å². The molecule has 1 aliphatic heterocycles. The molecule has 2 aromatic rings. The molecule has 25 heavy (non-hydrogen) atoms. The van der Waals surface area contributed by atoms with E-state index in [1.807, 2.05) is 30.3 Å². The number of carbonyl (C=O) groups is 2. The van der Waals surface area contributed by atoms with Crippen molar-refractivity contribution in [2.45, 2.75) is 18.5 Å². The van der Waals surface area contributed by atoms with Gasteiger partial charge < -0.3 is 0 Å². The molecule has 1 heterocycles. The SMILES string of the molecule is O=C(NNC(=O)C1CC(c2ccccc2)NN1)c1ccc(F)cc1Br. The average Bonchev–Trinajstić information content (AvgIpc) is 3.10. The number of rotatable bonds is 3. The van der Waals surface area contributed by atoms with Gasteiger partial charge >= 0.3 is 0 Å². The summed E-state index contributed by atoms with van der Waals surface area (Å²) in [5, 5.41) is 0. The van der Waals surface area contributed by atoms with Crippen LogP contribution in [0.2, 0.25) is 0 Å². The molecule has 1 fully saturated rings. The zero-order chi connectivity index (χ0) is 17.8. The Balaban J connectivity index is 1.54. The summed E-state index contributed by atoms with van der Waals surface area (Å²) < 4.78 is 13.4. The van der Waals surface area contributed by atoms with Crippen molar-refractivity contribution in [3.05, 3.63) is 69.9 Å². The summed E-state index contributed by atoms with van der Waals surface area (Å²) in [5.41, 5.74) is 12.0. The van der Waals surface area contributed by atoms with Crippen LogP contribution in [0.15, 0.2) is 53.0 Å². The summed E-state index contributed by atoms with van der Waals surface area (Å²) in [6.45, 7) is 0. The number of hydrogen-bond acceptors (Lipinski definition) is 4. The fourth-order valence-corrected chi connectivity index (χ4v) is 3.11. The van der Waals surface area contributed by atoms with Gasteiger partial charge in [0, 0.05) is 10.5 Å². The Morgan fingerprint density at radius 3 is 2.56 bits per heavy atom. The number of benzene rings is 2. The molecule has 2 atom stereocenters. The van der Waals surface area contributed by atoms with Crippen molar-refractivity contribution in [1.29, 1.82) is 0 Å². The van der Waals surface area contributed by atoms with E-state index in [0.717, 1.165) is 5.56 Å². The third-order valence-corrected chi connectivity index (χ3v) is 4.55. The van der Waals surface area contributed by atoms with Crippen LogP contribution in [-0.2, 0) is 4.79 Å². The van der Waals surface area contributed by atoms with E-state index in [1.54, 1.807) is 0 Å². The lowest BCUT2D eigenvalue weighted by atomic mass is 10.0. The number of nitrogens with one attached hydrogen (secondary N) is 4. The number of hydrogen-bond donors (Lipinski definition) is 4. The van der Waals surface area contributed by atoms with Crippen molar-refractivity contribution >= 4 is 27.7 Å². The van der Waals surface area contributed by atoms with Crippen LogP contribution in [0, 0.1) is 5.82 Å². The van der Waals surface area contributed by atoms with E-state index in [2.05, 4.69) is 37.6 Å². The van der Waals surface area contributed by atoms with E-state index >= 15 is 0 Å². The average molecular weight is 407 g/mol. The number of amides is 2. The summed E-state index contributed by atoms with van der Waals surface area (Å²) in [5.74, 6) is -1.36. The van der Waals surface area contributed by atoms with Gasteiger partial charge in [-0.15, -0.1) is 0 Å². The Kier molecular flexibility index (Phi) is 5.42. The summed E-state index contributed by atoms with van der Waals surface area (Å²) in [7, 11) is 0. The van der Waals surface area contributed by atoms with Crippen LogP contribution >= 0.6 is 15.9 Å². The molecule has 8 heteroatoms. The molecular formula is C17H16BrFN4O2. The normalized spacial score (nSPS) is 19.4. The minimum atomic E-state index is -0.536. The van der Waals surface area contributed by atoms with Gasteiger partial charge in [0.1, 0.15) is 11.9 Å². The number of hydrazine groups is 2. The second-order valence-corrected chi connectivity index (χ2v) is 6.46. The lowest BCUT2D eigenvalue weighted by molar-refractivity contribution is -0.123. The molecule has 0 aliphatic carbocycles. The number of halogens is 2. The molecule has 2 unspecified atom stereocenters. The standard InChI is InChI=1S/C17H16BrFN4O2/c18-13-8-11(19)6-7-12(13)16(24)22-23-17(25)15-9-14(20-21-15)10-4-2-1-3-5-10/h1-8,14-15,20-21H,9H2,(H,22,24)(H,23,25). The van der Waals surface area contributed by atoms with Crippen molar-refractivity contribution in [3.63, 3.8) is 0 Å². The summed E-state index contributed by atoms with van der Waals surface area (Å²) >= 11 is 3.12. The quantitative estimate of drug-likeness (QED) is 0.587. The lowest BCUT2D eigenvalue weighted by Gasteiger charge is -2.12. The first kappa shape index (κ1) is 17.5. The molecule has 1 aliphatic rings. The van der Waals surface area contributed by atoms with Gasteiger partial charge in [-0.05, 0) is 46.1 Å². The van der Waals surface area contributed by atoms with Crippen LogP contribution in [0.3, 0.4) is 0 Å². The Morgan fingerprint density at radius 2 is 1.84 bits per heavy atom. The van der Waals surface area contributed by atoms with Gasteiger partial charge in [0.2, 0.25) is 0 Å². The van der Waals surface area contributed by atoms with Crippen LogP contribution in [0.1, 0.15) is 28.4 Å². The topological polar surface area (TPSA) is 82.3 Å². The maximum atomic E-state index is 13.1. The van der Waals surface area contributed by atoms with E-state index in [0.29, 0.717) is 10.9 Å². The van der Waals surface area contributed by atoms with Crippen molar-refractivity contribution in [1.82, 2.24) is 21.7 Å². The summed E-state index contributed by atoms with van der Waals surface area (Å²) in [4.78, 5) is 24.3. The molecule has 130 valence electrons. The molecule has 2 aromatic carbocycles. The van der Waals surface area contributed by atoms with Crippen molar-refractivity contribution < 1.29 is 14.0 Å². The van der Waals surface area contributed by atoms with E-state index in [4.69, 9.17) is 0 Å². The van der Waals surface area contributed by atoms with Gasteiger partial charge in [0.25, 0.3) is 11.8 Å². The predicted molar refractivity (Wildman–Crippen MR) is 93.6 cm³/mol. The molecule has 2 amide bonds. The third kappa shape index (κ3) is 4.22. The minimum absolute atomic E-state index is 0.0129. The Morgan fingerprint density at radius 1 is 1.08 bits per heavy atom. The fraction of sp³-hybridized carbons (Fsp3) is 0.176. The van der Waals surface area contributed by atoms with E-state index < -0.39 is 17.8 Å².